The molecule has 1 atom stereocenters. The van der Waals surface area contributed by atoms with Gasteiger partial charge in [-0.25, -0.2) is 0 Å². The third kappa shape index (κ3) is 2.80. The Morgan fingerprint density at radius 1 is 1.27 bits per heavy atom. The number of benzene rings is 1. The van der Waals surface area contributed by atoms with Crippen molar-refractivity contribution < 1.29 is 10.2 Å². The molecule has 0 amide bonds. The first-order valence-electron chi connectivity index (χ1n) is 5.33. The third-order valence-electron chi connectivity index (χ3n) is 2.91. The summed E-state index contributed by atoms with van der Waals surface area (Å²) in [6, 6.07) is 8.08. The highest BCUT2D eigenvalue weighted by molar-refractivity contribution is 5.31. The number of hydrogen-bond acceptors (Lipinski definition) is 2. The van der Waals surface area contributed by atoms with Crippen LogP contribution in [0.15, 0.2) is 24.3 Å². The Morgan fingerprint density at radius 2 is 1.93 bits per heavy atom. The van der Waals surface area contributed by atoms with Crippen LogP contribution in [0.2, 0.25) is 0 Å². The second kappa shape index (κ2) is 4.77. The van der Waals surface area contributed by atoms with E-state index in [1.165, 1.54) is 0 Å². The lowest BCUT2D eigenvalue weighted by Gasteiger charge is -2.23. The summed E-state index contributed by atoms with van der Waals surface area (Å²) in [5, 5.41) is 18.4. The molecular formula is C13H20O2. The molecule has 0 saturated heterocycles. The van der Waals surface area contributed by atoms with Crippen LogP contribution >= 0.6 is 0 Å². The van der Waals surface area contributed by atoms with Gasteiger partial charge in [-0.3, -0.25) is 0 Å². The Hall–Kier alpha value is -0.860. The van der Waals surface area contributed by atoms with E-state index < -0.39 is 0 Å². The summed E-state index contributed by atoms with van der Waals surface area (Å²) in [5.74, 6) is 0.152. The van der Waals surface area contributed by atoms with Crippen molar-refractivity contribution in [3.8, 4) is 0 Å². The lowest BCUT2D eigenvalue weighted by Crippen LogP contribution is -2.22. The fourth-order valence-corrected chi connectivity index (χ4v) is 1.46. The predicted molar refractivity (Wildman–Crippen MR) is 62.1 cm³/mol. The van der Waals surface area contributed by atoms with Crippen molar-refractivity contribution >= 4 is 0 Å². The lowest BCUT2D eigenvalue weighted by molar-refractivity contribution is 0.218. The summed E-state index contributed by atoms with van der Waals surface area (Å²) in [6.45, 7) is 6.30. The highest BCUT2D eigenvalue weighted by atomic mass is 16.3. The van der Waals surface area contributed by atoms with Crippen LogP contribution < -0.4 is 0 Å². The molecule has 0 heterocycles. The van der Waals surface area contributed by atoms with E-state index in [0.717, 1.165) is 11.1 Å². The third-order valence-corrected chi connectivity index (χ3v) is 2.91. The molecule has 1 rings (SSSR count). The van der Waals surface area contributed by atoms with Gasteiger partial charge in [-0.1, -0.05) is 45.0 Å². The smallest absolute Gasteiger partial charge is 0.0522 e. The van der Waals surface area contributed by atoms with Crippen molar-refractivity contribution in [2.75, 3.05) is 13.2 Å². The molecule has 0 fully saturated rings. The average Bonchev–Trinajstić information content (AvgIpc) is 2.28. The zero-order valence-electron chi connectivity index (χ0n) is 9.70. The van der Waals surface area contributed by atoms with E-state index in [-0.39, 0.29) is 24.5 Å². The van der Waals surface area contributed by atoms with Gasteiger partial charge in [0.05, 0.1) is 6.61 Å². The normalized spacial score (nSPS) is 13.9. The monoisotopic (exact) mass is 208 g/mol. The molecule has 0 bridgehead atoms. The molecular weight excluding hydrogens is 188 g/mol. The van der Waals surface area contributed by atoms with Gasteiger partial charge in [0.25, 0.3) is 0 Å². The zero-order chi connectivity index (χ0) is 11.5. The molecule has 0 spiro atoms. The molecule has 15 heavy (non-hydrogen) atoms. The summed E-state index contributed by atoms with van der Waals surface area (Å²) in [5.41, 5.74) is 2.02. The Labute approximate surface area is 91.6 Å². The largest absolute Gasteiger partial charge is 0.396 e. The van der Waals surface area contributed by atoms with E-state index in [2.05, 4.69) is 6.07 Å². The first kappa shape index (κ1) is 12.2. The van der Waals surface area contributed by atoms with Crippen molar-refractivity contribution in [3.63, 3.8) is 0 Å². The van der Waals surface area contributed by atoms with Crippen LogP contribution in [0.5, 0.6) is 0 Å². The zero-order valence-corrected chi connectivity index (χ0v) is 9.70. The van der Waals surface area contributed by atoms with E-state index in [1.807, 2.05) is 39.0 Å². The maximum atomic E-state index is 9.28. The Balaban J connectivity index is 3.02. The van der Waals surface area contributed by atoms with Crippen LogP contribution in [0.4, 0.5) is 0 Å². The van der Waals surface area contributed by atoms with Crippen LogP contribution in [0.25, 0.3) is 0 Å². The van der Waals surface area contributed by atoms with Crippen LogP contribution in [0.1, 0.15) is 37.8 Å². The van der Waals surface area contributed by atoms with Gasteiger partial charge in [0.15, 0.2) is 0 Å². The van der Waals surface area contributed by atoms with E-state index in [0.29, 0.717) is 0 Å². The minimum absolute atomic E-state index is 0.129. The summed E-state index contributed by atoms with van der Waals surface area (Å²) in [6.07, 6.45) is 0. The SMILES string of the molecule is CC(CO)c1cccc(C(C)(C)CO)c1. The van der Waals surface area contributed by atoms with Crippen LogP contribution in [0, 0.1) is 0 Å². The Kier molecular flexibility index (Phi) is 3.89. The van der Waals surface area contributed by atoms with Gasteiger partial charge < -0.3 is 10.2 Å². The second-order valence-electron chi connectivity index (χ2n) is 4.75. The summed E-state index contributed by atoms with van der Waals surface area (Å²) >= 11 is 0. The maximum Gasteiger partial charge on any atom is 0.0522 e. The summed E-state index contributed by atoms with van der Waals surface area (Å²) in [4.78, 5) is 0. The van der Waals surface area contributed by atoms with E-state index in [1.54, 1.807) is 0 Å². The Morgan fingerprint density at radius 3 is 2.47 bits per heavy atom. The second-order valence-corrected chi connectivity index (χ2v) is 4.75. The van der Waals surface area contributed by atoms with Crippen LogP contribution in [-0.2, 0) is 5.41 Å². The predicted octanol–water partition coefficient (Wildman–Crippen LogP) is 2.05. The van der Waals surface area contributed by atoms with Crippen molar-refractivity contribution in [1.29, 1.82) is 0 Å². The highest BCUT2D eigenvalue weighted by Gasteiger charge is 2.19. The molecule has 0 aliphatic rings. The topological polar surface area (TPSA) is 40.5 Å². The fourth-order valence-electron chi connectivity index (χ4n) is 1.46. The molecule has 2 heteroatoms. The molecule has 0 aliphatic heterocycles. The minimum atomic E-state index is -0.217. The molecule has 1 aromatic carbocycles. The first-order chi connectivity index (χ1) is 7.01. The quantitative estimate of drug-likeness (QED) is 0.795. The highest BCUT2D eigenvalue weighted by Crippen LogP contribution is 2.25. The molecule has 1 aromatic rings. The molecule has 84 valence electrons. The van der Waals surface area contributed by atoms with Gasteiger partial charge in [0.2, 0.25) is 0 Å². The van der Waals surface area contributed by atoms with Gasteiger partial charge in [-0.05, 0) is 11.1 Å². The van der Waals surface area contributed by atoms with Crippen LogP contribution in [0.3, 0.4) is 0 Å². The van der Waals surface area contributed by atoms with Crippen molar-refractivity contribution in [2.24, 2.45) is 0 Å². The van der Waals surface area contributed by atoms with Gasteiger partial charge in [0.1, 0.15) is 0 Å². The maximum absolute atomic E-state index is 9.28. The molecule has 2 nitrogen and oxygen atoms in total. The van der Waals surface area contributed by atoms with Crippen molar-refractivity contribution in [2.45, 2.75) is 32.1 Å². The molecule has 0 radical (unpaired) electrons. The summed E-state index contributed by atoms with van der Waals surface area (Å²) < 4.78 is 0. The van der Waals surface area contributed by atoms with Gasteiger partial charge in [-0.2, -0.15) is 0 Å². The fraction of sp³-hybridized carbons (Fsp3) is 0.538. The number of aliphatic hydroxyl groups excluding tert-OH is 2. The Bertz CT molecular complexity index is 318. The molecule has 0 aliphatic carbocycles. The molecule has 2 N–H and O–H groups in total. The number of hydrogen-bond donors (Lipinski definition) is 2. The van der Waals surface area contributed by atoms with Crippen molar-refractivity contribution in [1.82, 2.24) is 0 Å². The molecule has 0 saturated carbocycles. The summed E-state index contributed by atoms with van der Waals surface area (Å²) in [7, 11) is 0. The number of aliphatic hydroxyl groups is 2. The molecule has 0 aromatic heterocycles. The van der Waals surface area contributed by atoms with Crippen molar-refractivity contribution in [3.05, 3.63) is 35.4 Å². The average molecular weight is 208 g/mol. The van der Waals surface area contributed by atoms with E-state index in [4.69, 9.17) is 5.11 Å². The minimum Gasteiger partial charge on any atom is -0.396 e. The van der Waals surface area contributed by atoms with Gasteiger partial charge in [-0.15, -0.1) is 0 Å². The van der Waals surface area contributed by atoms with E-state index in [9.17, 15) is 5.11 Å². The lowest BCUT2D eigenvalue weighted by atomic mass is 9.83. The molecule has 1 unspecified atom stereocenters. The standard InChI is InChI=1S/C13H20O2/c1-10(8-14)11-5-4-6-12(7-11)13(2,3)9-15/h4-7,10,14-15H,8-9H2,1-3H3. The van der Waals surface area contributed by atoms with E-state index >= 15 is 0 Å². The van der Waals surface area contributed by atoms with Crippen LogP contribution in [-0.4, -0.2) is 23.4 Å². The first-order valence-corrected chi connectivity index (χ1v) is 5.33. The number of rotatable bonds is 4. The van der Waals surface area contributed by atoms with Gasteiger partial charge >= 0.3 is 0 Å². The van der Waals surface area contributed by atoms with Gasteiger partial charge in [0, 0.05) is 17.9 Å².